The van der Waals surface area contributed by atoms with Crippen LogP contribution in [0.25, 0.3) is 0 Å². The lowest BCUT2D eigenvalue weighted by atomic mass is 9.94. The first-order valence-corrected chi connectivity index (χ1v) is 7.11. The van der Waals surface area contributed by atoms with Gasteiger partial charge >= 0.3 is 0 Å². The molecule has 96 valence electrons. The molecule has 17 heavy (non-hydrogen) atoms. The van der Waals surface area contributed by atoms with Gasteiger partial charge in [0, 0.05) is 19.4 Å². The second kappa shape index (κ2) is 3.81. The molecule has 0 aromatic heterocycles. The third-order valence-electron chi connectivity index (χ3n) is 5.63. The molecule has 3 rings (SSSR count). The van der Waals surface area contributed by atoms with Gasteiger partial charge < -0.3 is 4.74 Å². The van der Waals surface area contributed by atoms with Crippen LogP contribution >= 0.6 is 0 Å². The molecule has 0 amide bonds. The number of hydrogen-bond donors (Lipinski definition) is 0. The van der Waals surface area contributed by atoms with Gasteiger partial charge in [-0.2, -0.15) is 0 Å². The molecule has 0 aromatic rings. The molecule has 3 saturated carbocycles. The summed E-state index contributed by atoms with van der Waals surface area (Å²) in [5.41, 5.74) is -0.140. The Morgan fingerprint density at radius 2 is 1.82 bits per heavy atom. The van der Waals surface area contributed by atoms with Gasteiger partial charge in [0.15, 0.2) is 0 Å². The number of methoxy groups -OCH3 is 1. The molecule has 2 heteroatoms. The zero-order valence-electron chi connectivity index (χ0n) is 11.2. The molecular formula is C15H24O2. The van der Waals surface area contributed by atoms with Gasteiger partial charge in [-0.25, -0.2) is 0 Å². The van der Waals surface area contributed by atoms with E-state index >= 15 is 0 Å². The smallest absolute Gasteiger partial charge is 0.136 e. The van der Waals surface area contributed by atoms with Crippen molar-refractivity contribution in [3.8, 4) is 0 Å². The fourth-order valence-electron chi connectivity index (χ4n) is 4.45. The van der Waals surface area contributed by atoms with E-state index in [9.17, 15) is 4.79 Å². The van der Waals surface area contributed by atoms with Crippen LogP contribution in [0.4, 0.5) is 0 Å². The Labute approximate surface area is 104 Å². The Balaban J connectivity index is 1.53. The van der Waals surface area contributed by atoms with Crippen LogP contribution in [0.15, 0.2) is 0 Å². The van der Waals surface area contributed by atoms with Gasteiger partial charge in [-0.3, -0.25) is 4.79 Å². The lowest BCUT2D eigenvalue weighted by Crippen LogP contribution is -2.24. The van der Waals surface area contributed by atoms with Crippen LogP contribution in [-0.4, -0.2) is 18.5 Å². The van der Waals surface area contributed by atoms with Crippen LogP contribution < -0.4 is 0 Å². The highest BCUT2D eigenvalue weighted by Gasteiger charge is 2.66. The van der Waals surface area contributed by atoms with Crippen molar-refractivity contribution in [1.82, 2.24) is 0 Å². The Bertz CT molecular complexity index is 318. The molecular weight excluding hydrogens is 212 g/mol. The van der Waals surface area contributed by atoms with E-state index in [1.807, 2.05) is 0 Å². The standard InChI is InChI=1S/C15H24O2/c1-15(2,17-3)7-6-11(16)14-12-9-4-5-10(8-9)13(12)14/h9-10,12-14H,4-8H2,1-3H3. The van der Waals surface area contributed by atoms with Crippen LogP contribution in [0.3, 0.4) is 0 Å². The molecule has 3 aliphatic rings. The van der Waals surface area contributed by atoms with Gasteiger partial charge in [0.25, 0.3) is 0 Å². The summed E-state index contributed by atoms with van der Waals surface area (Å²) >= 11 is 0. The summed E-state index contributed by atoms with van der Waals surface area (Å²) in [6, 6.07) is 0. The first-order chi connectivity index (χ1) is 8.03. The van der Waals surface area contributed by atoms with Gasteiger partial charge in [-0.05, 0) is 63.2 Å². The number of ketones is 1. The summed E-state index contributed by atoms with van der Waals surface area (Å²) in [7, 11) is 1.73. The van der Waals surface area contributed by atoms with Crippen molar-refractivity contribution in [1.29, 1.82) is 0 Å². The predicted octanol–water partition coefficient (Wildman–Crippen LogP) is 3.05. The van der Waals surface area contributed by atoms with E-state index in [1.54, 1.807) is 7.11 Å². The van der Waals surface area contributed by atoms with Crippen molar-refractivity contribution in [3.05, 3.63) is 0 Å². The Hall–Kier alpha value is -0.370. The van der Waals surface area contributed by atoms with E-state index in [1.165, 1.54) is 19.3 Å². The van der Waals surface area contributed by atoms with Gasteiger partial charge in [0.2, 0.25) is 0 Å². The third-order valence-corrected chi connectivity index (χ3v) is 5.63. The maximum absolute atomic E-state index is 12.2. The summed E-state index contributed by atoms with van der Waals surface area (Å²) in [6.07, 6.45) is 5.83. The fourth-order valence-corrected chi connectivity index (χ4v) is 4.45. The van der Waals surface area contributed by atoms with Crippen LogP contribution in [-0.2, 0) is 9.53 Å². The maximum atomic E-state index is 12.2. The molecule has 0 aromatic carbocycles. The summed E-state index contributed by atoms with van der Waals surface area (Å²) in [5, 5.41) is 0. The van der Waals surface area contributed by atoms with E-state index in [-0.39, 0.29) is 5.60 Å². The SMILES string of the molecule is COC(C)(C)CCC(=O)C1C2C3CCC(C3)C12. The molecule has 0 aliphatic heterocycles. The number of ether oxygens (including phenoxy) is 1. The zero-order valence-corrected chi connectivity index (χ0v) is 11.2. The lowest BCUT2D eigenvalue weighted by Gasteiger charge is -2.22. The Kier molecular flexibility index (Phi) is 2.62. The molecule has 2 nitrogen and oxygen atoms in total. The van der Waals surface area contributed by atoms with Crippen molar-refractivity contribution in [2.75, 3.05) is 7.11 Å². The molecule has 4 atom stereocenters. The molecule has 4 unspecified atom stereocenters. The number of carbonyl (C=O) groups excluding carboxylic acids is 1. The quantitative estimate of drug-likeness (QED) is 0.733. The summed E-state index contributed by atoms with van der Waals surface area (Å²) in [6.45, 7) is 4.13. The Morgan fingerprint density at radius 3 is 2.35 bits per heavy atom. The number of fused-ring (bicyclic) bond motifs is 5. The van der Waals surface area contributed by atoms with Gasteiger partial charge in [0.05, 0.1) is 5.60 Å². The number of hydrogen-bond acceptors (Lipinski definition) is 2. The average molecular weight is 236 g/mol. The maximum Gasteiger partial charge on any atom is 0.136 e. The molecule has 0 spiro atoms. The summed E-state index contributed by atoms with van der Waals surface area (Å²) < 4.78 is 5.38. The van der Waals surface area contributed by atoms with Crippen molar-refractivity contribution in [3.63, 3.8) is 0 Å². The summed E-state index contributed by atoms with van der Waals surface area (Å²) in [5.74, 6) is 4.40. The van der Waals surface area contributed by atoms with Gasteiger partial charge in [-0.1, -0.05) is 0 Å². The second-order valence-electron chi connectivity index (χ2n) is 6.94. The monoisotopic (exact) mass is 236 g/mol. The van der Waals surface area contributed by atoms with Crippen LogP contribution in [0.2, 0.25) is 0 Å². The van der Waals surface area contributed by atoms with Crippen molar-refractivity contribution in [2.45, 2.75) is 51.6 Å². The molecule has 0 heterocycles. The van der Waals surface area contributed by atoms with Crippen molar-refractivity contribution in [2.24, 2.45) is 29.6 Å². The minimum absolute atomic E-state index is 0.140. The zero-order chi connectivity index (χ0) is 12.2. The van der Waals surface area contributed by atoms with E-state index < -0.39 is 0 Å². The molecule has 0 saturated heterocycles. The second-order valence-corrected chi connectivity index (χ2v) is 6.94. The minimum atomic E-state index is -0.140. The van der Waals surface area contributed by atoms with E-state index in [4.69, 9.17) is 4.74 Å². The average Bonchev–Trinajstić information content (AvgIpc) is 2.75. The highest BCUT2D eigenvalue weighted by molar-refractivity contribution is 5.85. The topological polar surface area (TPSA) is 26.3 Å². The number of Topliss-reactive ketones (excluding diaryl/α,β-unsaturated/α-hetero) is 1. The van der Waals surface area contributed by atoms with Crippen LogP contribution in [0.5, 0.6) is 0 Å². The molecule has 0 radical (unpaired) electrons. The first kappa shape index (κ1) is 11.7. The summed E-state index contributed by atoms with van der Waals surface area (Å²) in [4.78, 5) is 12.2. The normalized spacial score (nSPS) is 42.6. The van der Waals surface area contributed by atoms with Crippen LogP contribution in [0, 0.1) is 29.6 Å². The third kappa shape index (κ3) is 1.85. The number of rotatable bonds is 5. The van der Waals surface area contributed by atoms with Crippen molar-refractivity contribution >= 4 is 5.78 Å². The van der Waals surface area contributed by atoms with E-state index in [2.05, 4.69) is 13.8 Å². The lowest BCUT2D eigenvalue weighted by molar-refractivity contribution is -0.122. The molecule has 3 aliphatic carbocycles. The fraction of sp³-hybridized carbons (Fsp3) is 0.933. The van der Waals surface area contributed by atoms with Gasteiger partial charge in [0.1, 0.15) is 5.78 Å². The first-order valence-electron chi connectivity index (χ1n) is 7.11. The van der Waals surface area contributed by atoms with Crippen LogP contribution in [0.1, 0.15) is 46.0 Å². The van der Waals surface area contributed by atoms with Crippen molar-refractivity contribution < 1.29 is 9.53 Å². The van der Waals surface area contributed by atoms with E-state index in [0.29, 0.717) is 11.7 Å². The Morgan fingerprint density at radius 1 is 1.24 bits per heavy atom. The van der Waals surface area contributed by atoms with E-state index in [0.717, 1.165) is 36.5 Å². The minimum Gasteiger partial charge on any atom is -0.379 e. The van der Waals surface area contributed by atoms with Gasteiger partial charge in [-0.15, -0.1) is 0 Å². The largest absolute Gasteiger partial charge is 0.379 e. The predicted molar refractivity (Wildman–Crippen MR) is 66.6 cm³/mol. The highest BCUT2D eigenvalue weighted by atomic mass is 16.5. The molecule has 0 N–H and O–H groups in total. The molecule has 2 bridgehead atoms. The molecule has 3 fully saturated rings. The highest BCUT2D eigenvalue weighted by Crippen LogP contribution is 2.69. The number of carbonyl (C=O) groups is 1.